The summed E-state index contributed by atoms with van der Waals surface area (Å²) in [6.07, 6.45) is 1.79. The molecule has 6 rings (SSSR count). The molecule has 2 aliphatic rings. The van der Waals surface area contributed by atoms with Gasteiger partial charge in [0.2, 0.25) is 11.8 Å². The van der Waals surface area contributed by atoms with Gasteiger partial charge in [-0.05, 0) is 43.2 Å². The Balaban J connectivity index is 1.42. The number of aryl methyl sites for hydroxylation is 2. The largest absolute Gasteiger partial charge is 0.475 e. The molecule has 2 aromatic carbocycles. The first kappa shape index (κ1) is 26.4. The smallest absolute Gasteiger partial charge is 0.264 e. The molecule has 4 aromatic rings. The Morgan fingerprint density at radius 3 is 2.65 bits per heavy atom. The molecule has 1 atom stereocenters. The summed E-state index contributed by atoms with van der Waals surface area (Å²) in [7, 11) is -4.08. The molecule has 0 unspecified atom stereocenters. The van der Waals surface area contributed by atoms with Crippen molar-refractivity contribution in [1.29, 1.82) is 0 Å². The molecule has 1 N–H and O–H groups in total. The fraction of sp³-hybridized carbons (Fsp3) is 0.286. The van der Waals surface area contributed by atoms with Gasteiger partial charge in [0.05, 0.1) is 23.2 Å². The van der Waals surface area contributed by atoms with Crippen molar-refractivity contribution in [3.8, 4) is 17.1 Å². The van der Waals surface area contributed by atoms with Gasteiger partial charge in [-0.3, -0.25) is 9.69 Å². The van der Waals surface area contributed by atoms with E-state index in [-0.39, 0.29) is 35.3 Å². The maximum atomic E-state index is 13.7. The number of piperazine rings is 1. The number of amides is 1. The number of aromatic nitrogens is 3. The van der Waals surface area contributed by atoms with E-state index in [0.29, 0.717) is 37.4 Å². The van der Waals surface area contributed by atoms with Gasteiger partial charge in [-0.25, -0.2) is 23.1 Å². The summed E-state index contributed by atoms with van der Waals surface area (Å²) in [4.78, 5) is 31.0. The number of sulfonamides is 1. The Kier molecular flexibility index (Phi) is 6.99. The normalized spacial score (nSPS) is 18.9. The molecule has 206 valence electrons. The van der Waals surface area contributed by atoms with Crippen LogP contribution in [0.2, 0.25) is 0 Å². The number of carbonyl (C=O) groups excluding carboxylic acids is 1. The fourth-order valence-corrected chi connectivity index (χ4v) is 6.86. The Bertz CT molecular complexity index is 1660. The van der Waals surface area contributed by atoms with Gasteiger partial charge in [-0.2, -0.15) is 4.98 Å². The molecule has 4 heterocycles. The van der Waals surface area contributed by atoms with Crippen LogP contribution >= 0.6 is 11.3 Å². The molecule has 0 aliphatic carbocycles. The fourth-order valence-electron chi connectivity index (χ4n) is 5.21. The topological polar surface area (TPSA) is 118 Å². The van der Waals surface area contributed by atoms with E-state index in [9.17, 15) is 13.2 Å². The number of carbonyl (C=O) groups is 1. The van der Waals surface area contributed by atoms with Crippen LogP contribution in [0.4, 0.5) is 5.95 Å². The predicted octanol–water partition coefficient (Wildman–Crippen LogP) is 3.74. The first-order valence-electron chi connectivity index (χ1n) is 12.9. The van der Waals surface area contributed by atoms with E-state index in [4.69, 9.17) is 4.74 Å². The summed E-state index contributed by atoms with van der Waals surface area (Å²) in [5, 5.41) is 2.96. The summed E-state index contributed by atoms with van der Waals surface area (Å²) in [5.74, 6) is -0.120. The van der Waals surface area contributed by atoms with Crippen molar-refractivity contribution >= 4 is 33.2 Å². The van der Waals surface area contributed by atoms with Crippen molar-refractivity contribution in [2.45, 2.75) is 31.3 Å². The molecular formula is C28H28N6O4S2. The lowest BCUT2D eigenvalue weighted by molar-refractivity contribution is 0.0310. The van der Waals surface area contributed by atoms with Crippen LogP contribution in [-0.4, -0.2) is 71.4 Å². The lowest BCUT2D eigenvalue weighted by Gasteiger charge is -2.41. The third-order valence-corrected chi connectivity index (χ3v) is 9.24. The van der Waals surface area contributed by atoms with Gasteiger partial charge in [0.15, 0.2) is 0 Å². The highest BCUT2D eigenvalue weighted by molar-refractivity contribution is 7.92. The first-order valence-corrected chi connectivity index (χ1v) is 15.3. The molecule has 2 aromatic heterocycles. The van der Waals surface area contributed by atoms with E-state index in [1.54, 1.807) is 40.6 Å². The van der Waals surface area contributed by atoms with Gasteiger partial charge >= 0.3 is 0 Å². The highest BCUT2D eigenvalue weighted by Crippen LogP contribution is 2.30. The zero-order valence-electron chi connectivity index (χ0n) is 22.1. The second-order valence-electron chi connectivity index (χ2n) is 9.94. The summed E-state index contributed by atoms with van der Waals surface area (Å²) < 4.78 is 35.4. The summed E-state index contributed by atoms with van der Waals surface area (Å²) in [5.41, 5.74) is 3.70. The quantitative estimate of drug-likeness (QED) is 0.392. The van der Waals surface area contributed by atoms with Crippen LogP contribution < -0.4 is 9.46 Å². The number of thiazole rings is 1. The van der Waals surface area contributed by atoms with Gasteiger partial charge in [-0.1, -0.05) is 24.3 Å². The van der Waals surface area contributed by atoms with Gasteiger partial charge in [0.1, 0.15) is 11.6 Å². The zero-order chi connectivity index (χ0) is 27.9. The predicted molar refractivity (Wildman–Crippen MR) is 152 cm³/mol. The average molecular weight is 577 g/mol. The molecular weight excluding hydrogens is 548 g/mol. The van der Waals surface area contributed by atoms with Crippen molar-refractivity contribution in [3.63, 3.8) is 0 Å². The lowest BCUT2D eigenvalue weighted by Crippen LogP contribution is -2.57. The van der Waals surface area contributed by atoms with Crippen molar-refractivity contribution in [1.82, 2.24) is 24.8 Å². The third kappa shape index (κ3) is 5.29. The zero-order valence-corrected chi connectivity index (χ0v) is 23.7. The number of anilines is 1. The Labute approximate surface area is 236 Å². The number of hydrogen-bond acceptors (Lipinski definition) is 9. The first-order chi connectivity index (χ1) is 19.3. The molecule has 2 aliphatic heterocycles. The van der Waals surface area contributed by atoms with E-state index in [1.807, 2.05) is 37.4 Å². The average Bonchev–Trinajstić information content (AvgIpc) is 3.44. The number of fused-ring (bicyclic) bond motifs is 5. The van der Waals surface area contributed by atoms with E-state index >= 15 is 0 Å². The van der Waals surface area contributed by atoms with Gasteiger partial charge < -0.3 is 9.64 Å². The van der Waals surface area contributed by atoms with Crippen LogP contribution in [0, 0.1) is 13.8 Å². The summed E-state index contributed by atoms with van der Waals surface area (Å²) >= 11 is 1.60. The second kappa shape index (κ2) is 10.6. The van der Waals surface area contributed by atoms with Crippen molar-refractivity contribution < 1.29 is 17.9 Å². The van der Waals surface area contributed by atoms with Crippen LogP contribution in [0.15, 0.2) is 65.0 Å². The monoisotopic (exact) mass is 576 g/mol. The molecule has 40 heavy (non-hydrogen) atoms. The van der Waals surface area contributed by atoms with Gasteiger partial charge in [0, 0.05) is 48.4 Å². The SMILES string of the molecule is Cc1cccc(C)c1-c1cc2nc(n1)NS(=O)(=O)c1cccc(c1)C(=O)N1CCN(Cc3nccs3)C[C@@H]1CO2. The molecule has 12 heteroatoms. The minimum absolute atomic E-state index is 0.0416. The molecule has 4 bridgehead atoms. The Morgan fingerprint density at radius 1 is 1.07 bits per heavy atom. The van der Waals surface area contributed by atoms with Gasteiger partial charge in [-0.15, -0.1) is 11.3 Å². The van der Waals surface area contributed by atoms with Crippen molar-refractivity contribution in [2.24, 2.45) is 0 Å². The number of nitrogens with zero attached hydrogens (tertiary/aromatic N) is 5. The van der Waals surface area contributed by atoms with E-state index in [0.717, 1.165) is 21.7 Å². The van der Waals surface area contributed by atoms with Crippen LogP contribution in [0.5, 0.6) is 5.88 Å². The molecule has 0 spiro atoms. The number of rotatable bonds is 3. The molecule has 0 saturated carbocycles. The molecule has 0 radical (unpaired) electrons. The van der Waals surface area contributed by atoms with Crippen molar-refractivity contribution in [3.05, 3.63) is 81.8 Å². The highest BCUT2D eigenvalue weighted by atomic mass is 32.2. The molecule has 1 amide bonds. The van der Waals surface area contributed by atoms with Crippen LogP contribution in [0.1, 0.15) is 26.5 Å². The Hall–Kier alpha value is -3.87. The summed E-state index contributed by atoms with van der Waals surface area (Å²) in [6, 6.07) is 13.4. The van der Waals surface area contributed by atoms with Crippen LogP contribution in [-0.2, 0) is 16.6 Å². The van der Waals surface area contributed by atoms with Crippen molar-refractivity contribution in [2.75, 3.05) is 31.0 Å². The number of benzene rings is 2. The maximum absolute atomic E-state index is 13.7. The highest BCUT2D eigenvalue weighted by Gasteiger charge is 2.33. The van der Waals surface area contributed by atoms with Gasteiger partial charge in [0.25, 0.3) is 15.9 Å². The van der Waals surface area contributed by atoms with Crippen LogP contribution in [0.25, 0.3) is 11.3 Å². The van der Waals surface area contributed by atoms with Crippen LogP contribution in [0.3, 0.4) is 0 Å². The minimum atomic E-state index is -4.08. The third-order valence-electron chi connectivity index (χ3n) is 7.15. The number of ether oxygens (including phenoxy) is 1. The molecule has 1 saturated heterocycles. The van der Waals surface area contributed by atoms with E-state index in [1.165, 1.54) is 12.1 Å². The number of nitrogens with one attached hydrogen (secondary N) is 1. The maximum Gasteiger partial charge on any atom is 0.264 e. The Morgan fingerprint density at radius 2 is 1.88 bits per heavy atom. The second-order valence-corrected chi connectivity index (χ2v) is 12.6. The number of hydrogen-bond donors (Lipinski definition) is 1. The van der Waals surface area contributed by atoms with E-state index < -0.39 is 10.0 Å². The summed E-state index contributed by atoms with van der Waals surface area (Å²) in [6.45, 7) is 6.52. The minimum Gasteiger partial charge on any atom is -0.475 e. The molecule has 1 fully saturated rings. The standard InChI is InChI=1S/C28H28N6O4S2/c1-18-5-3-6-19(2)26(18)23-14-24-31-28(30-23)32-40(36,37)22-8-4-7-20(13-22)27(35)34-11-10-33(15-21(34)17-38-24)16-25-29-9-12-39-25/h3-9,12-14,21H,10-11,15-17H2,1-2H3,(H,30,31,32)/t21-/m1/s1. The van der Waals surface area contributed by atoms with E-state index in [2.05, 4.69) is 24.6 Å². The molecule has 10 nitrogen and oxygen atoms in total. The lowest BCUT2D eigenvalue weighted by atomic mass is 10.00.